The minimum Gasteiger partial charge on any atom is -0.322 e. The fourth-order valence-corrected chi connectivity index (χ4v) is 8.19. The smallest absolute Gasteiger partial charge is 0.100 e. The molecule has 4 rings (SSSR count). The Morgan fingerprint density at radius 2 is 0.298 bits per heavy atom. The molecule has 0 atom stereocenters. The SMILES string of the molecule is Cc1c(C)c(C)c(N(CN(c2c(C)c(C)c(C)c(C)c2C)c2c(C)c(C)c(C)c(C)c2C)c2c(C)c(C)c(C)c(C)c2C)c(C)c1C. The van der Waals surface area contributed by atoms with Crippen LogP contribution in [0.3, 0.4) is 0 Å². The van der Waals surface area contributed by atoms with Crippen molar-refractivity contribution in [3.63, 3.8) is 0 Å². The fraction of sp³-hybridized carbons (Fsp3) is 0.467. The van der Waals surface area contributed by atoms with Gasteiger partial charge in [-0.1, -0.05) is 0 Å². The molecular formula is C45H62N2. The summed E-state index contributed by atoms with van der Waals surface area (Å²) in [6.07, 6.45) is 0. The van der Waals surface area contributed by atoms with Gasteiger partial charge in [-0.05, 0) is 250 Å². The maximum absolute atomic E-state index is 2.70. The van der Waals surface area contributed by atoms with Crippen LogP contribution < -0.4 is 9.80 Å². The Bertz CT molecular complexity index is 1550. The number of hydrogen-bond acceptors (Lipinski definition) is 2. The monoisotopic (exact) mass is 630 g/mol. The Balaban J connectivity index is 2.28. The highest BCUT2D eigenvalue weighted by molar-refractivity contribution is 5.84. The van der Waals surface area contributed by atoms with E-state index in [2.05, 4.69) is 148 Å². The first-order valence-corrected chi connectivity index (χ1v) is 17.5. The van der Waals surface area contributed by atoms with E-state index in [9.17, 15) is 0 Å². The number of rotatable bonds is 6. The summed E-state index contributed by atoms with van der Waals surface area (Å²) in [5, 5.41) is 0. The Morgan fingerprint density at radius 3 is 0.426 bits per heavy atom. The predicted molar refractivity (Wildman–Crippen MR) is 210 cm³/mol. The van der Waals surface area contributed by atoms with Gasteiger partial charge in [0.15, 0.2) is 0 Å². The molecule has 0 heterocycles. The van der Waals surface area contributed by atoms with E-state index in [1.54, 1.807) is 0 Å². The summed E-state index contributed by atoms with van der Waals surface area (Å²) in [5.41, 5.74) is 33.0. The molecule has 0 bridgehead atoms. The van der Waals surface area contributed by atoms with Crippen LogP contribution in [0.25, 0.3) is 0 Å². The van der Waals surface area contributed by atoms with Gasteiger partial charge in [-0.3, -0.25) is 0 Å². The highest BCUT2D eigenvalue weighted by Crippen LogP contribution is 2.47. The molecule has 0 radical (unpaired) electrons. The molecule has 0 aliphatic rings. The first-order valence-electron chi connectivity index (χ1n) is 17.5. The maximum Gasteiger partial charge on any atom is 0.100 e. The zero-order valence-corrected chi connectivity index (χ0v) is 33.6. The van der Waals surface area contributed by atoms with Crippen molar-refractivity contribution in [1.82, 2.24) is 0 Å². The van der Waals surface area contributed by atoms with Gasteiger partial charge < -0.3 is 9.80 Å². The third-order valence-corrected chi connectivity index (χ3v) is 13.2. The van der Waals surface area contributed by atoms with Crippen molar-refractivity contribution in [2.45, 2.75) is 138 Å². The number of hydrogen-bond donors (Lipinski definition) is 0. The molecule has 0 unspecified atom stereocenters. The molecule has 2 nitrogen and oxygen atoms in total. The van der Waals surface area contributed by atoms with Crippen molar-refractivity contribution in [2.24, 2.45) is 0 Å². The second-order valence-corrected chi connectivity index (χ2v) is 14.9. The van der Waals surface area contributed by atoms with Crippen molar-refractivity contribution >= 4 is 22.7 Å². The van der Waals surface area contributed by atoms with E-state index in [1.165, 1.54) is 134 Å². The predicted octanol–water partition coefficient (Wildman–Crippen LogP) is 12.8. The number of nitrogens with zero attached hydrogens (tertiary/aromatic N) is 2. The van der Waals surface area contributed by atoms with Gasteiger partial charge in [0.2, 0.25) is 0 Å². The molecule has 4 aromatic carbocycles. The average molecular weight is 631 g/mol. The standard InChI is InChI=1S/C45H62N2/c1-22-26(5)34(13)42(35(14)27(22)6)46(43-36(15)28(7)23(2)29(8)37(43)16)21-47(44-38(17)30(9)24(3)31(10)39(44)18)45-40(19)32(11)25(4)33(12)41(45)20/h21H2,1-20H3. The van der Waals surface area contributed by atoms with Crippen LogP contribution in [0.15, 0.2) is 0 Å². The largest absolute Gasteiger partial charge is 0.322 e. The Morgan fingerprint density at radius 1 is 0.191 bits per heavy atom. The van der Waals surface area contributed by atoms with Gasteiger partial charge in [0, 0.05) is 22.7 Å². The second kappa shape index (κ2) is 12.8. The first kappa shape index (κ1) is 36.3. The van der Waals surface area contributed by atoms with Crippen molar-refractivity contribution in [3.8, 4) is 0 Å². The van der Waals surface area contributed by atoms with Crippen molar-refractivity contribution < 1.29 is 0 Å². The Kier molecular flexibility index (Phi) is 9.91. The molecule has 0 fully saturated rings. The molecule has 4 aromatic rings. The Hall–Kier alpha value is -3.52. The molecule has 0 saturated carbocycles. The van der Waals surface area contributed by atoms with E-state index < -0.39 is 0 Å². The van der Waals surface area contributed by atoms with E-state index in [0.717, 1.165) is 0 Å². The third-order valence-electron chi connectivity index (χ3n) is 13.2. The van der Waals surface area contributed by atoms with Crippen LogP contribution in [0.4, 0.5) is 22.7 Å². The molecule has 0 aromatic heterocycles. The summed E-state index contributed by atoms with van der Waals surface area (Å²) in [4.78, 5) is 5.39. The minimum atomic E-state index is 0.709. The highest BCUT2D eigenvalue weighted by atomic mass is 15.3. The summed E-state index contributed by atoms with van der Waals surface area (Å²) in [5.74, 6) is 0. The van der Waals surface area contributed by atoms with Gasteiger partial charge in [-0.25, -0.2) is 0 Å². The van der Waals surface area contributed by atoms with Crippen LogP contribution >= 0.6 is 0 Å². The van der Waals surface area contributed by atoms with E-state index in [0.29, 0.717) is 6.67 Å². The van der Waals surface area contributed by atoms with Gasteiger partial charge in [0.1, 0.15) is 6.67 Å². The molecule has 47 heavy (non-hydrogen) atoms. The molecule has 0 aliphatic carbocycles. The average Bonchev–Trinajstić information content (AvgIpc) is 3.04. The van der Waals surface area contributed by atoms with E-state index in [-0.39, 0.29) is 0 Å². The van der Waals surface area contributed by atoms with Crippen LogP contribution in [-0.4, -0.2) is 6.67 Å². The van der Waals surface area contributed by atoms with Crippen molar-refractivity contribution in [1.29, 1.82) is 0 Å². The molecular weight excluding hydrogens is 569 g/mol. The van der Waals surface area contributed by atoms with E-state index in [1.807, 2.05) is 0 Å². The van der Waals surface area contributed by atoms with Gasteiger partial charge >= 0.3 is 0 Å². The fourth-order valence-electron chi connectivity index (χ4n) is 8.19. The lowest BCUT2D eigenvalue weighted by Crippen LogP contribution is -2.36. The molecule has 0 spiro atoms. The van der Waals surface area contributed by atoms with Crippen molar-refractivity contribution in [3.05, 3.63) is 111 Å². The third kappa shape index (κ3) is 5.50. The summed E-state index contributed by atoms with van der Waals surface area (Å²) in [6, 6.07) is 0. The van der Waals surface area contributed by atoms with Crippen LogP contribution in [0.5, 0.6) is 0 Å². The number of anilines is 4. The lowest BCUT2D eigenvalue weighted by atomic mass is 9.88. The van der Waals surface area contributed by atoms with Crippen LogP contribution in [0.1, 0.15) is 111 Å². The zero-order valence-electron chi connectivity index (χ0n) is 33.6. The van der Waals surface area contributed by atoms with Gasteiger partial charge in [0.05, 0.1) is 0 Å². The molecule has 252 valence electrons. The number of benzene rings is 4. The highest BCUT2D eigenvalue weighted by Gasteiger charge is 2.30. The summed E-state index contributed by atoms with van der Waals surface area (Å²) >= 11 is 0. The molecule has 2 heteroatoms. The summed E-state index contributed by atoms with van der Waals surface area (Å²) in [6.45, 7) is 47.1. The zero-order chi connectivity index (χ0) is 35.7. The van der Waals surface area contributed by atoms with Crippen molar-refractivity contribution in [2.75, 3.05) is 16.5 Å². The van der Waals surface area contributed by atoms with Crippen LogP contribution in [-0.2, 0) is 0 Å². The summed E-state index contributed by atoms with van der Waals surface area (Å²) in [7, 11) is 0. The lowest BCUT2D eigenvalue weighted by molar-refractivity contribution is 0.881. The normalized spacial score (nSPS) is 11.5. The molecule has 0 amide bonds. The quantitative estimate of drug-likeness (QED) is 0.196. The Labute approximate surface area is 288 Å². The molecule has 0 N–H and O–H groups in total. The first-order chi connectivity index (χ1) is 21.7. The lowest BCUT2D eigenvalue weighted by Gasteiger charge is -2.41. The minimum absolute atomic E-state index is 0.709. The van der Waals surface area contributed by atoms with E-state index >= 15 is 0 Å². The topological polar surface area (TPSA) is 6.48 Å². The van der Waals surface area contributed by atoms with Gasteiger partial charge in [0.25, 0.3) is 0 Å². The maximum atomic E-state index is 2.70. The van der Waals surface area contributed by atoms with E-state index in [4.69, 9.17) is 0 Å². The van der Waals surface area contributed by atoms with Crippen LogP contribution in [0, 0.1) is 138 Å². The molecule has 0 saturated heterocycles. The summed E-state index contributed by atoms with van der Waals surface area (Å²) < 4.78 is 0. The second-order valence-electron chi connectivity index (χ2n) is 14.9. The van der Waals surface area contributed by atoms with Gasteiger partial charge in [-0.2, -0.15) is 0 Å². The van der Waals surface area contributed by atoms with Gasteiger partial charge in [-0.15, -0.1) is 0 Å². The van der Waals surface area contributed by atoms with Crippen LogP contribution in [0.2, 0.25) is 0 Å². The molecule has 0 aliphatic heterocycles.